The van der Waals surface area contributed by atoms with Crippen molar-refractivity contribution in [2.75, 3.05) is 11.9 Å². The van der Waals surface area contributed by atoms with Gasteiger partial charge in [-0.2, -0.15) is 0 Å². The molecule has 5 rings (SSSR count). The molecular weight excluding hydrogens is 410 g/mol. The lowest BCUT2D eigenvalue weighted by Gasteiger charge is -2.36. The quantitative estimate of drug-likeness (QED) is 0.415. The number of nitrogens with one attached hydrogen (secondary N) is 1. The molecule has 3 aromatic rings. The number of fused-ring (bicyclic) bond motifs is 3. The van der Waals surface area contributed by atoms with Crippen molar-refractivity contribution in [2.24, 2.45) is 5.92 Å². The summed E-state index contributed by atoms with van der Waals surface area (Å²) in [4.78, 5) is 26.5. The van der Waals surface area contributed by atoms with Crippen LogP contribution in [0.2, 0.25) is 5.02 Å². The number of benzene rings is 3. The van der Waals surface area contributed by atoms with E-state index in [4.69, 9.17) is 16.3 Å². The van der Waals surface area contributed by atoms with Crippen LogP contribution >= 0.6 is 11.6 Å². The number of hydrogen-bond donors (Lipinski definition) is 1. The van der Waals surface area contributed by atoms with Crippen LogP contribution in [0.1, 0.15) is 50.4 Å². The minimum absolute atomic E-state index is 0.0245. The smallest absolute Gasteiger partial charge is 0.196 e. The van der Waals surface area contributed by atoms with E-state index in [0.29, 0.717) is 39.6 Å². The number of anilines is 1. The first-order valence-electron chi connectivity index (χ1n) is 10.1. The Morgan fingerprint density at radius 2 is 1.71 bits per heavy atom. The molecule has 0 spiro atoms. The van der Waals surface area contributed by atoms with Gasteiger partial charge < -0.3 is 10.1 Å². The van der Waals surface area contributed by atoms with Crippen molar-refractivity contribution >= 4 is 28.9 Å². The Morgan fingerprint density at radius 1 is 1.00 bits per heavy atom. The molecule has 1 heterocycles. The standard InChI is InChI=1S/C26H20ClNO3/c1-14(2)20-13-31-22-11-10-15(27)12-19(22)24(20)28-21-9-5-8-18-23(21)26(30)17-7-4-3-6-16(17)25(18)29/h3-12,20,24,28H,1,13H2,2H3. The molecule has 5 heteroatoms. The zero-order valence-corrected chi connectivity index (χ0v) is 17.7. The van der Waals surface area contributed by atoms with Gasteiger partial charge in [-0.15, -0.1) is 0 Å². The van der Waals surface area contributed by atoms with E-state index in [1.165, 1.54) is 0 Å². The summed E-state index contributed by atoms with van der Waals surface area (Å²) >= 11 is 6.28. The van der Waals surface area contributed by atoms with Crippen LogP contribution in [0.3, 0.4) is 0 Å². The highest BCUT2D eigenvalue weighted by Crippen LogP contribution is 2.43. The molecule has 0 fully saturated rings. The largest absolute Gasteiger partial charge is 0.493 e. The summed E-state index contributed by atoms with van der Waals surface area (Å²) in [7, 11) is 0. The molecule has 2 unspecified atom stereocenters. The van der Waals surface area contributed by atoms with Crippen LogP contribution in [0.15, 0.2) is 72.8 Å². The molecule has 4 nitrogen and oxygen atoms in total. The maximum Gasteiger partial charge on any atom is 0.196 e. The molecular formula is C26H20ClNO3. The van der Waals surface area contributed by atoms with Crippen LogP contribution in [0.5, 0.6) is 5.75 Å². The fourth-order valence-electron chi connectivity index (χ4n) is 4.42. The number of ketones is 2. The van der Waals surface area contributed by atoms with Gasteiger partial charge in [0.15, 0.2) is 11.6 Å². The number of rotatable bonds is 3. The molecule has 2 atom stereocenters. The van der Waals surface area contributed by atoms with Gasteiger partial charge in [0.2, 0.25) is 0 Å². The topological polar surface area (TPSA) is 55.4 Å². The Labute approximate surface area is 185 Å². The number of carbonyl (C=O) groups excluding carboxylic acids is 2. The lowest BCUT2D eigenvalue weighted by molar-refractivity contribution is 0.0979. The second kappa shape index (κ2) is 7.40. The third-order valence-electron chi connectivity index (χ3n) is 6.02. The molecule has 0 aromatic heterocycles. The van der Waals surface area contributed by atoms with Gasteiger partial charge >= 0.3 is 0 Å². The Hall–Kier alpha value is -3.37. The third-order valence-corrected chi connectivity index (χ3v) is 6.26. The molecule has 1 aliphatic carbocycles. The normalized spacial score (nSPS) is 19.0. The van der Waals surface area contributed by atoms with E-state index in [0.717, 1.165) is 16.9 Å². The summed E-state index contributed by atoms with van der Waals surface area (Å²) in [5, 5.41) is 4.14. The summed E-state index contributed by atoms with van der Waals surface area (Å²) in [6, 6.07) is 17.6. The average molecular weight is 430 g/mol. The van der Waals surface area contributed by atoms with Crippen molar-refractivity contribution in [3.63, 3.8) is 0 Å². The molecule has 0 amide bonds. The van der Waals surface area contributed by atoms with Crippen LogP contribution in [0.25, 0.3) is 0 Å². The van der Waals surface area contributed by atoms with Gasteiger partial charge in [-0.05, 0) is 31.2 Å². The third kappa shape index (κ3) is 3.15. The van der Waals surface area contributed by atoms with Crippen molar-refractivity contribution in [2.45, 2.75) is 13.0 Å². The highest BCUT2D eigenvalue weighted by Gasteiger charge is 2.35. The fraction of sp³-hybridized carbons (Fsp3) is 0.154. The zero-order valence-electron chi connectivity index (χ0n) is 16.9. The molecule has 154 valence electrons. The van der Waals surface area contributed by atoms with E-state index in [1.54, 1.807) is 42.5 Å². The number of carbonyl (C=O) groups is 2. The first kappa shape index (κ1) is 19.6. The van der Waals surface area contributed by atoms with Crippen LogP contribution < -0.4 is 10.1 Å². The summed E-state index contributed by atoms with van der Waals surface area (Å²) in [6.45, 7) is 6.56. The van der Waals surface area contributed by atoms with Crippen molar-refractivity contribution in [3.05, 3.63) is 106 Å². The van der Waals surface area contributed by atoms with E-state index in [-0.39, 0.29) is 23.5 Å². The fourth-order valence-corrected chi connectivity index (χ4v) is 4.60. The van der Waals surface area contributed by atoms with Gasteiger partial charge in [0.1, 0.15) is 5.75 Å². The van der Waals surface area contributed by atoms with Gasteiger partial charge in [-0.1, -0.05) is 60.2 Å². The minimum Gasteiger partial charge on any atom is -0.493 e. The second-order valence-electron chi connectivity index (χ2n) is 8.00. The lowest BCUT2D eigenvalue weighted by Crippen LogP contribution is -2.32. The molecule has 1 aliphatic heterocycles. The Kier molecular flexibility index (Phi) is 4.67. The van der Waals surface area contributed by atoms with Crippen molar-refractivity contribution < 1.29 is 14.3 Å². The van der Waals surface area contributed by atoms with Gasteiger partial charge in [-0.25, -0.2) is 0 Å². The lowest BCUT2D eigenvalue weighted by atomic mass is 9.82. The number of halogens is 1. The number of ether oxygens (including phenoxy) is 1. The monoisotopic (exact) mass is 429 g/mol. The summed E-state index contributed by atoms with van der Waals surface area (Å²) in [5.41, 5.74) is 4.18. The molecule has 0 saturated carbocycles. The van der Waals surface area contributed by atoms with E-state index >= 15 is 0 Å². The first-order chi connectivity index (χ1) is 15.0. The zero-order chi connectivity index (χ0) is 21.7. The maximum absolute atomic E-state index is 13.4. The summed E-state index contributed by atoms with van der Waals surface area (Å²) in [6.07, 6.45) is 0. The SMILES string of the molecule is C=C(C)C1COc2ccc(Cl)cc2C1Nc1cccc2c1C(=O)c1ccccc1C2=O. The predicted octanol–water partition coefficient (Wildman–Crippen LogP) is 5.85. The van der Waals surface area contributed by atoms with Crippen LogP contribution in [-0.4, -0.2) is 18.2 Å². The van der Waals surface area contributed by atoms with Crippen molar-refractivity contribution in [1.82, 2.24) is 0 Å². The minimum atomic E-state index is -0.202. The summed E-state index contributed by atoms with van der Waals surface area (Å²) < 4.78 is 5.94. The highest BCUT2D eigenvalue weighted by molar-refractivity contribution is 6.31. The van der Waals surface area contributed by atoms with E-state index in [1.807, 2.05) is 25.1 Å². The van der Waals surface area contributed by atoms with E-state index < -0.39 is 0 Å². The molecule has 3 aromatic carbocycles. The van der Waals surface area contributed by atoms with Crippen LogP contribution in [0, 0.1) is 5.92 Å². The molecule has 2 aliphatic rings. The Balaban J connectivity index is 1.63. The molecule has 0 saturated heterocycles. The van der Waals surface area contributed by atoms with E-state index in [2.05, 4.69) is 11.9 Å². The van der Waals surface area contributed by atoms with Crippen LogP contribution in [-0.2, 0) is 0 Å². The molecule has 1 N–H and O–H groups in total. The average Bonchev–Trinajstić information content (AvgIpc) is 2.77. The van der Waals surface area contributed by atoms with Gasteiger partial charge in [0, 0.05) is 38.9 Å². The molecule has 0 radical (unpaired) electrons. The predicted molar refractivity (Wildman–Crippen MR) is 121 cm³/mol. The molecule has 0 bridgehead atoms. The van der Waals surface area contributed by atoms with Gasteiger partial charge in [0.05, 0.1) is 18.2 Å². The maximum atomic E-state index is 13.4. The Bertz CT molecular complexity index is 1260. The van der Waals surface area contributed by atoms with E-state index in [9.17, 15) is 9.59 Å². The summed E-state index contributed by atoms with van der Waals surface area (Å²) in [5.74, 6) is 0.430. The van der Waals surface area contributed by atoms with Crippen molar-refractivity contribution in [3.8, 4) is 5.75 Å². The van der Waals surface area contributed by atoms with Crippen LogP contribution in [0.4, 0.5) is 5.69 Å². The van der Waals surface area contributed by atoms with Crippen molar-refractivity contribution in [1.29, 1.82) is 0 Å². The Morgan fingerprint density at radius 3 is 2.45 bits per heavy atom. The molecule has 31 heavy (non-hydrogen) atoms. The van der Waals surface area contributed by atoms with Gasteiger partial charge in [-0.3, -0.25) is 9.59 Å². The number of hydrogen-bond acceptors (Lipinski definition) is 4. The van der Waals surface area contributed by atoms with Gasteiger partial charge in [0.25, 0.3) is 0 Å². The first-order valence-corrected chi connectivity index (χ1v) is 10.5. The highest BCUT2D eigenvalue weighted by atomic mass is 35.5. The second-order valence-corrected chi connectivity index (χ2v) is 8.44.